The molecule has 1 aromatic heterocycles. The van der Waals surface area contributed by atoms with Crippen LogP contribution in [0.2, 0.25) is 0 Å². The first-order valence-electron chi connectivity index (χ1n) is 5.96. The maximum atomic E-state index is 11.3. The lowest BCUT2D eigenvalue weighted by molar-refractivity contribution is -0.140. The first kappa shape index (κ1) is 12.4. The van der Waals surface area contributed by atoms with E-state index < -0.39 is 0 Å². The third-order valence-corrected chi connectivity index (χ3v) is 2.57. The van der Waals surface area contributed by atoms with Crippen LogP contribution in [0.25, 0.3) is 10.9 Å². The number of pyridine rings is 1. The predicted molar refractivity (Wildman–Crippen MR) is 71.6 cm³/mol. The molecule has 1 N–H and O–H groups in total. The van der Waals surface area contributed by atoms with Crippen LogP contribution in [0.4, 0.5) is 5.69 Å². The summed E-state index contributed by atoms with van der Waals surface area (Å²) >= 11 is 0. The number of hydrogen-bond acceptors (Lipinski definition) is 4. The first-order valence-corrected chi connectivity index (χ1v) is 5.96. The van der Waals surface area contributed by atoms with Gasteiger partial charge in [-0.05, 0) is 26.0 Å². The van der Waals surface area contributed by atoms with Crippen molar-refractivity contribution in [2.45, 2.75) is 13.8 Å². The fraction of sp³-hybridized carbons (Fsp3) is 0.286. The van der Waals surface area contributed by atoms with Gasteiger partial charge in [0.1, 0.15) is 6.54 Å². The number of ether oxygens (including phenoxy) is 1. The topological polar surface area (TPSA) is 51.2 Å². The Hall–Kier alpha value is -2.10. The first-order chi connectivity index (χ1) is 8.70. The SMILES string of the molecule is CCOC(=O)CNc1cc(C)nc2ccccc12. The van der Waals surface area contributed by atoms with Crippen molar-refractivity contribution in [2.75, 3.05) is 18.5 Å². The molecule has 1 heterocycles. The summed E-state index contributed by atoms with van der Waals surface area (Å²) in [4.78, 5) is 15.8. The molecular weight excluding hydrogens is 228 g/mol. The number of carbonyl (C=O) groups excluding carboxylic acids is 1. The van der Waals surface area contributed by atoms with Crippen LogP contribution in [0.15, 0.2) is 30.3 Å². The van der Waals surface area contributed by atoms with Gasteiger partial charge in [0.05, 0.1) is 12.1 Å². The summed E-state index contributed by atoms with van der Waals surface area (Å²) in [6, 6.07) is 9.77. The quantitative estimate of drug-likeness (QED) is 0.840. The zero-order chi connectivity index (χ0) is 13.0. The molecule has 2 rings (SSSR count). The van der Waals surface area contributed by atoms with Crippen LogP contribution in [0, 0.1) is 6.92 Å². The minimum atomic E-state index is -0.254. The van der Waals surface area contributed by atoms with Crippen molar-refractivity contribution in [3.63, 3.8) is 0 Å². The van der Waals surface area contributed by atoms with Crippen molar-refractivity contribution in [3.8, 4) is 0 Å². The Kier molecular flexibility index (Phi) is 3.77. The normalized spacial score (nSPS) is 10.3. The lowest BCUT2D eigenvalue weighted by Crippen LogP contribution is -2.17. The molecule has 4 nitrogen and oxygen atoms in total. The molecule has 0 aliphatic rings. The number of benzene rings is 1. The van der Waals surface area contributed by atoms with Crippen molar-refractivity contribution in [3.05, 3.63) is 36.0 Å². The minimum absolute atomic E-state index is 0.168. The molecule has 0 aliphatic heterocycles. The Morgan fingerprint density at radius 3 is 2.94 bits per heavy atom. The third kappa shape index (κ3) is 2.77. The van der Waals surface area contributed by atoms with Crippen LogP contribution in [-0.4, -0.2) is 24.1 Å². The molecule has 18 heavy (non-hydrogen) atoms. The summed E-state index contributed by atoms with van der Waals surface area (Å²) in [5, 5.41) is 4.11. The summed E-state index contributed by atoms with van der Waals surface area (Å²) in [5.41, 5.74) is 2.75. The van der Waals surface area contributed by atoms with Gasteiger partial charge in [0, 0.05) is 16.8 Å². The van der Waals surface area contributed by atoms with E-state index in [9.17, 15) is 4.79 Å². The second-order valence-corrected chi connectivity index (χ2v) is 3.99. The van der Waals surface area contributed by atoms with Crippen LogP contribution in [0.1, 0.15) is 12.6 Å². The number of fused-ring (bicyclic) bond motifs is 1. The Morgan fingerprint density at radius 1 is 1.39 bits per heavy atom. The van der Waals surface area contributed by atoms with Crippen molar-refractivity contribution in [1.29, 1.82) is 0 Å². The van der Waals surface area contributed by atoms with Gasteiger partial charge in [-0.2, -0.15) is 0 Å². The number of aromatic nitrogens is 1. The number of aryl methyl sites for hydroxylation is 1. The largest absolute Gasteiger partial charge is 0.465 e. The fourth-order valence-corrected chi connectivity index (χ4v) is 1.83. The molecule has 0 spiro atoms. The molecule has 0 atom stereocenters. The molecule has 0 bridgehead atoms. The van der Waals surface area contributed by atoms with Gasteiger partial charge < -0.3 is 10.1 Å². The van der Waals surface area contributed by atoms with Gasteiger partial charge in [-0.15, -0.1) is 0 Å². The monoisotopic (exact) mass is 244 g/mol. The van der Waals surface area contributed by atoms with Gasteiger partial charge in [0.25, 0.3) is 0 Å². The van der Waals surface area contributed by atoms with Crippen LogP contribution in [0.3, 0.4) is 0 Å². The maximum absolute atomic E-state index is 11.3. The third-order valence-electron chi connectivity index (χ3n) is 2.57. The molecular formula is C14H16N2O2. The number of para-hydroxylation sites is 1. The number of rotatable bonds is 4. The smallest absolute Gasteiger partial charge is 0.325 e. The highest BCUT2D eigenvalue weighted by atomic mass is 16.5. The van der Waals surface area contributed by atoms with Crippen molar-refractivity contribution < 1.29 is 9.53 Å². The number of esters is 1. The minimum Gasteiger partial charge on any atom is -0.465 e. The van der Waals surface area contributed by atoms with Crippen molar-refractivity contribution in [2.24, 2.45) is 0 Å². The average Bonchev–Trinajstić information content (AvgIpc) is 2.36. The molecule has 0 unspecified atom stereocenters. The summed E-state index contributed by atoms with van der Waals surface area (Å²) in [6.45, 7) is 4.30. The molecule has 0 fully saturated rings. The Bertz CT molecular complexity index is 567. The highest BCUT2D eigenvalue weighted by molar-refractivity contribution is 5.92. The zero-order valence-corrected chi connectivity index (χ0v) is 10.6. The van der Waals surface area contributed by atoms with E-state index in [4.69, 9.17) is 4.74 Å². The standard InChI is InChI=1S/C14H16N2O2/c1-3-18-14(17)9-15-13-8-10(2)16-12-7-5-4-6-11(12)13/h4-8H,3,9H2,1-2H3,(H,15,16). The number of carbonyl (C=O) groups is 1. The number of nitrogens with zero attached hydrogens (tertiary/aromatic N) is 1. The lowest BCUT2D eigenvalue weighted by atomic mass is 10.1. The van der Waals surface area contributed by atoms with E-state index >= 15 is 0 Å². The predicted octanol–water partition coefficient (Wildman–Crippen LogP) is 2.52. The molecule has 2 aromatic rings. The number of anilines is 1. The second kappa shape index (κ2) is 5.49. The zero-order valence-electron chi connectivity index (χ0n) is 10.6. The molecule has 0 saturated carbocycles. The van der Waals surface area contributed by atoms with Gasteiger partial charge in [0.2, 0.25) is 0 Å². The van der Waals surface area contributed by atoms with E-state index in [1.807, 2.05) is 37.3 Å². The van der Waals surface area contributed by atoms with Gasteiger partial charge in [-0.1, -0.05) is 18.2 Å². The Balaban J connectivity index is 2.24. The maximum Gasteiger partial charge on any atom is 0.325 e. The van der Waals surface area contributed by atoms with Gasteiger partial charge in [-0.25, -0.2) is 0 Å². The lowest BCUT2D eigenvalue weighted by Gasteiger charge is -2.10. The highest BCUT2D eigenvalue weighted by Crippen LogP contribution is 2.22. The number of nitrogens with one attached hydrogen (secondary N) is 1. The molecule has 0 saturated heterocycles. The summed E-state index contributed by atoms with van der Waals surface area (Å²) in [7, 11) is 0. The van der Waals surface area contributed by atoms with Gasteiger partial charge >= 0.3 is 5.97 Å². The van der Waals surface area contributed by atoms with Crippen LogP contribution in [0.5, 0.6) is 0 Å². The molecule has 94 valence electrons. The Morgan fingerprint density at radius 2 is 2.17 bits per heavy atom. The van der Waals surface area contributed by atoms with Crippen LogP contribution in [-0.2, 0) is 9.53 Å². The van der Waals surface area contributed by atoms with E-state index in [2.05, 4.69) is 10.3 Å². The van der Waals surface area contributed by atoms with Crippen LogP contribution < -0.4 is 5.32 Å². The van der Waals surface area contributed by atoms with Gasteiger partial charge in [0.15, 0.2) is 0 Å². The molecule has 0 aliphatic carbocycles. The fourth-order valence-electron chi connectivity index (χ4n) is 1.83. The summed E-state index contributed by atoms with van der Waals surface area (Å²) in [6.07, 6.45) is 0. The van der Waals surface area contributed by atoms with Crippen LogP contribution >= 0.6 is 0 Å². The van der Waals surface area contributed by atoms with Gasteiger partial charge in [-0.3, -0.25) is 9.78 Å². The van der Waals surface area contributed by atoms with E-state index in [0.29, 0.717) is 6.61 Å². The highest BCUT2D eigenvalue weighted by Gasteiger charge is 2.06. The van der Waals surface area contributed by atoms with Crippen molar-refractivity contribution >= 4 is 22.6 Å². The summed E-state index contributed by atoms with van der Waals surface area (Å²) < 4.78 is 4.89. The van der Waals surface area contributed by atoms with Crippen molar-refractivity contribution in [1.82, 2.24) is 4.98 Å². The molecule has 4 heteroatoms. The van der Waals surface area contributed by atoms with E-state index in [1.54, 1.807) is 6.92 Å². The summed E-state index contributed by atoms with van der Waals surface area (Å²) in [5.74, 6) is -0.254. The number of hydrogen-bond donors (Lipinski definition) is 1. The van der Waals surface area contributed by atoms with E-state index in [-0.39, 0.29) is 12.5 Å². The van der Waals surface area contributed by atoms with E-state index in [0.717, 1.165) is 22.3 Å². The molecule has 0 radical (unpaired) electrons. The van der Waals surface area contributed by atoms with E-state index in [1.165, 1.54) is 0 Å². The second-order valence-electron chi connectivity index (χ2n) is 3.99. The average molecular weight is 244 g/mol. The molecule has 0 amide bonds. The molecule has 1 aromatic carbocycles. The Labute approximate surface area is 106 Å².